The van der Waals surface area contributed by atoms with Gasteiger partial charge in [-0.3, -0.25) is 4.79 Å². The van der Waals surface area contributed by atoms with E-state index in [0.717, 1.165) is 5.56 Å². The normalized spacial score (nSPS) is 22.0. The Morgan fingerprint density at radius 2 is 2.15 bits per heavy atom. The molecule has 108 valence electrons. The fourth-order valence-corrected chi connectivity index (χ4v) is 3.55. The van der Waals surface area contributed by atoms with Crippen LogP contribution in [0.1, 0.15) is 22.8 Å². The first-order chi connectivity index (χ1) is 9.56. The topological polar surface area (TPSA) is 83.6 Å². The highest BCUT2D eigenvalue weighted by Gasteiger charge is 2.40. The number of nitrogens with zero attached hydrogens (tertiary/aromatic N) is 1. The van der Waals surface area contributed by atoms with Crippen molar-refractivity contribution in [1.82, 2.24) is 4.90 Å². The lowest BCUT2D eigenvalue weighted by Gasteiger charge is -2.26. The number of benzene rings is 1. The summed E-state index contributed by atoms with van der Waals surface area (Å²) in [4.78, 5) is 25.4. The number of amides is 1. The second-order valence-corrected chi connectivity index (χ2v) is 6.04. The second kappa shape index (κ2) is 6.28. The zero-order valence-electron chi connectivity index (χ0n) is 11.3. The summed E-state index contributed by atoms with van der Waals surface area (Å²) in [6, 6.07) is 6.50. The fraction of sp³-hybridized carbons (Fsp3) is 0.429. The maximum atomic E-state index is 12.7. The van der Waals surface area contributed by atoms with Gasteiger partial charge in [0.1, 0.15) is 6.04 Å². The molecule has 1 amide bonds. The summed E-state index contributed by atoms with van der Waals surface area (Å²) in [7, 11) is 0. The lowest BCUT2D eigenvalue weighted by molar-refractivity contribution is -0.141. The Kier molecular flexibility index (Phi) is 4.67. The van der Waals surface area contributed by atoms with E-state index in [-0.39, 0.29) is 11.3 Å². The van der Waals surface area contributed by atoms with Gasteiger partial charge in [-0.1, -0.05) is 18.2 Å². The third-order valence-corrected chi connectivity index (χ3v) is 4.62. The van der Waals surface area contributed by atoms with E-state index in [1.54, 1.807) is 12.1 Å². The number of hydrogen-bond donors (Lipinski definition) is 2. The molecule has 2 unspecified atom stereocenters. The molecule has 0 aromatic heterocycles. The number of carbonyl (C=O) groups is 2. The van der Waals surface area contributed by atoms with Crippen LogP contribution in [-0.4, -0.2) is 45.6 Å². The predicted molar refractivity (Wildman–Crippen MR) is 78.7 cm³/mol. The number of nitrogens with two attached hydrogens (primary N) is 1. The van der Waals surface area contributed by atoms with E-state index in [1.165, 1.54) is 16.7 Å². The molecule has 1 heterocycles. The first kappa shape index (κ1) is 14.9. The van der Waals surface area contributed by atoms with E-state index in [4.69, 9.17) is 5.73 Å². The quantitative estimate of drug-likeness (QED) is 0.871. The first-order valence-corrected chi connectivity index (χ1v) is 7.56. The summed E-state index contributed by atoms with van der Waals surface area (Å²) in [6.45, 7) is 2.31. The highest BCUT2D eigenvalue weighted by Crippen LogP contribution is 2.31. The van der Waals surface area contributed by atoms with Gasteiger partial charge >= 0.3 is 5.97 Å². The molecule has 2 rings (SSSR count). The molecular formula is C14H18N2O3S. The van der Waals surface area contributed by atoms with Crippen LogP contribution in [0.2, 0.25) is 0 Å². The average Bonchev–Trinajstić information content (AvgIpc) is 2.81. The Morgan fingerprint density at radius 3 is 2.80 bits per heavy atom. The van der Waals surface area contributed by atoms with E-state index in [0.29, 0.717) is 24.3 Å². The minimum Gasteiger partial charge on any atom is -0.480 e. The van der Waals surface area contributed by atoms with Crippen molar-refractivity contribution < 1.29 is 14.7 Å². The van der Waals surface area contributed by atoms with Gasteiger partial charge in [0.25, 0.3) is 5.91 Å². The van der Waals surface area contributed by atoms with Crippen LogP contribution >= 0.6 is 11.8 Å². The van der Waals surface area contributed by atoms with Crippen molar-refractivity contribution in [3.63, 3.8) is 0 Å². The van der Waals surface area contributed by atoms with E-state index >= 15 is 0 Å². The lowest BCUT2D eigenvalue weighted by atomic mass is 10.0. The van der Waals surface area contributed by atoms with Gasteiger partial charge in [-0.05, 0) is 31.5 Å². The molecule has 0 radical (unpaired) electrons. The van der Waals surface area contributed by atoms with Gasteiger partial charge in [0, 0.05) is 11.3 Å². The summed E-state index contributed by atoms with van der Waals surface area (Å²) in [5.74, 6) is -0.744. The maximum absolute atomic E-state index is 12.7. The molecule has 1 aliphatic rings. The van der Waals surface area contributed by atoms with Crippen LogP contribution in [0, 0.1) is 0 Å². The van der Waals surface area contributed by atoms with E-state index in [1.807, 2.05) is 19.1 Å². The fourth-order valence-electron chi connectivity index (χ4n) is 2.38. The van der Waals surface area contributed by atoms with Gasteiger partial charge in [-0.15, -0.1) is 11.8 Å². The summed E-state index contributed by atoms with van der Waals surface area (Å²) in [5.41, 5.74) is 6.99. The molecule has 1 aromatic rings. The molecule has 0 saturated carbocycles. The molecule has 0 aliphatic carbocycles. The van der Waals surface area contributed by atoms with Gasteiger partial charge < -0.3 is 15.7 Å². The third-order valence-electron chi connectivity index (χ3n) is 3.40. The van der Waals surface area contributed by atoms with Crippen molar-refractivity contribution in [3.05, 3.63) is 35.4 Å². The van der Waals surface area contributed by atoms with Gasteiger partial charge in [-0.25, -0.2) is 4.79 Å². The summed E-state index contributed by atoms with van der Waals surface area (Å²) in [5, 5.41) is 9.11. The first-order valence-electron chi connectivity index (χ1n) is 6.51. The van der Waals surface area contributed by atoms with Crippen LogP contribution in [-0.2, 0) is 11.2 Å². The Hall–Kier alpha value is -1.53. The van der Waals surface area contributed by atoms with Crippen LogP contribution in [0.5, 0.6) is 0 Å². The standard InChI is InChI=1S/C14H18N2O3S/c1-9-16(12(8-20-9)14(18)19)13(17)11-5-3-2-4-10(11)6-7-15/h2-5,9,12H,6-8,15H2,1H3,(H,18,19). The summed E-state index contributed by atoms with van der Waals surface area (Å²) in [6.07, 6.45) is 0.606. The highest BCUT2D eigenvalue weighted by molar-refractivity contribution is 8.00. The summed E-state index contributed by atoms with van der Waals surface area (Å²) >= 11 is 1.48. The van der Waals surface area contributed by atoms with E-state index < -0.39 is 12.0 Å². The van der Waals surface area contributed by atoms with Crippen LogP contribution in [0.25, 0.3) is 0 Å². The summed E-state index contributed by atoms with van der Waals surface area (Å²) < 4.78 is 0. The molecule has 6 heteroatoms. The lowest BCUT2D eigenvalue weighted by Crippen LogP contribution is -2.45. The average molecular weight is 294 g/mol. The van der Waals surface area contributed by atoms with E-state index in [9.17, 15) is 14.7 Å². The number of thioether (sulfide) groups is 1. The zero-order valence-corrected chi connectivity index (χ0v) is 12.1. The molecular weight excluding hydrogens is 276 g/mol. The number of aliphatic carboxylic acids is 1. The van der Waals surface area contributed by atoms with Crippen molar-refractivity contribution in [1.29, 1.82) is 0 Å². The van der Waals surface area contributed by atoms with Crippen molar-refractivity contribution in [2.75, 3.05) is 12.3 Å². The van der Waals surface area contributed by atoms with Crippen LogP contribution in [0.4, 0.5) is 0 Å². The molecule has 1 saturated heterocycles. The number of hydrogen-bond acceptors (Lipinski definition) is 4. The second-order valence-electron chi connectivity index (χ2n) is 4.69. The van der Waals surface area contributed by atoms with Crippen molar-refractivity contribution in [2.24, 2.45) is 5.73 Å². The van der Waals surface area contributed by atoms with Crippen molar-refractivity contribution >= 4 is 23.6 Å². The van der Waals surface area contributed by atoms with Crippen LogP contribution in [0.15, 0.2) is 24.3 Å². The molecule has 1 fully saturated rings. The SMILES string of the molecule is CC1SCC(C(=O)O)N1C(=O)c1ccccc1CCN. The van der Waals surface area contributed by atoms with E-state index in [2.05, 4.69) is 0 Å². The Bertz CT molecular complexity index is 521. The van der Waals surface area contributed by atoms with Crippen molar-refractivity contribution in [3.8, 4) is 0 Å². The molecule has 3 N–H and O–H groups in total. The Morgan fingerprint density at radius 1 is 1.45 bits per heavy atom. The minimum absolute atomic E-state index is 0.130. The molecule has 1 aliphatic heterocycles. The monoisotopic (exact) mass is 294 g/mol. The molecule has 1 aromatic carbocycles. The van der Waals surface area contributed by atoms with Gasteiger partial charge in [0.05, 0.1) is 5.37 Å². The molecule has 0 spiro atoms. The molecule has 2 atom stereocenters. The largest absolute Gasteiger partial charge is 0.480 e. The van der Waals surface area contributed by atoms with Gasteiger partial charge in [0.15, 0.2) is 0 Å². The molecule has 20 heavy (non-hydrogen) atoms. The predicted octanol–water partition coefficient (Wildman–Crippen LogP) is 1.18. The number of carbonyl (C=O) groups excluding carboxylic acids is 1. The van der Waals surface area contributed by atoms with Crippen molar-refractivity contribution in [2.45, 2.75) is 24.8 Å². The number of carboxylic acids is 1. The van der Waals surface area contributed by atoms with Gasteiger partial charge in [-0.2, -0.15) is 0 Å². The Balaban J connectivity index is 2.32. The maximum Gasteiger partial charge on any atom is 0.327 e. The van der Waals surface area contributed by atoms with Crippen LogP contribution < -0.4 is 5.73 Å². The molecule has 5 nitrogen and oxygen atoms in total. The van der Waals surface area contributed by atoms with Crippen LogP contribution in [0.3, 0.4) is 0 Å². The zero-order chi connectivity index (χ0) is 14.7. The minimum atomic E-state index is -0.952. The highest BCUT2D eigenvalue weighted by atomic mass is 32.2. The smallest absolute Gasteiger partial charge is 0.327 e. The number of rotatable bonds is 4. The Labute approximate surface area is 122 Å². The van der Waals surface area contributed by atoms with Gasteiger partial charge in [0.2, 0.25) is 0 Å². The molecule has 0 bridgehead atoms. The third kappa shape index (κ3) is 2.81. The number of carboxylic acid groups (broad SMARTS) is 1.